The van der Waals surface area contributed by atoms with E-state index in [1.54, 1.807) is 11.8 Å². The van der Waals surface area contributed by atoms with Crippen molar-refractivity contribution < 1.29 is 9.90 Å². The fraction of sp³-hybridized carbons (Fsp3) is 0.250. The van der Waals surface area contributed by atoms with E-state index in [-0.39, 0.29) is 6.42 Å². The number of benzene rings is 1. The van der Waals surface area contributed by atoms with E-state index >= 15 is 0 Å². The first kappa shape index (κ1) is 11.1. The van der Waals surface area contributed by atoms with Gasteiger partial charge in [-0.2, -0.15) is 0 Å². The van der Waals surface area contributed by atoms with Crippen molar-refractivity contribution in [2.45, 2.75) is 11.3 Å². The van der Waals surface area contributed by atoms with E-state index in [4.69, 9.17) is 5.11 Å². The third-order valence-corrected chi connectivity index (χ3v) is 3.41. The fourth-order valence-electron chi connectivity index (χ4n) is 1.82. The van der Waals surface area contributed by atoms with Gasteiger partial charge in [0.15, 0.2) is 0 Å². The number of hydrogen-bond donors (Lipinski definition) is 1. The predicted octanol–water partition coefficient (Wildman–Crippen LogP) is 2.53. The smallest absolute Gasteiger partial charge is 0.309 e. The minimum atomic E-state index is -0.795. The van der Waals surface area contributed by atoms with Gasteiger partial charge in [0.2, 0.25) is 0 Å². The zero-order valence-electron chi connectivity index (χ0n) is 9.23. The lowest BCUT2D eigenvalue weighted by molar-refractivity contribution is -0.136. The number of carboxylic acids is 1. The summed E-state index contributed by atoms with van der Waals surface area (Å²) in [5, 5.41) is 9.89. The van der Waals surface area contributed by atoms with Crippen molar-refractivity contribution in [3.05, 3.63) is 30.0 Å². The normalized spacial score (nSPS) is 10.9. The molecule has 1 N–H and O–H groups in total. The monoisotopic (exact) mass is 235 g/mol. The predicted molar refractivity (Wildman–Crippen MR) is 66.0 cm³/mol. The highest BCUT2D eigenvalue weighted by Gasteiger charge is 2.09. The minimum absolute atomic E-state index is 0.0692. The molecule has 1 aromatic carbocycles. The second-order valence-corrected chi connectivity index (χ2v) is 4.57. The van der Waals surface area contributed by atoms with Crippen molar-refractivity contribution in [2.75, 3.05) is 6.26 Å². The lowest BCUT2D eigenvalue weighted by atomic mass is 10.2. The second kappa shape index (κ2) is 4.22. The Morgan fingerprint density at radius 1 is 1.44 bits per heavy atom. The van der Waals surface area contributed by atoms with Gasteiger partial charge in [-0.1, -0.05) is 6.07 Å². The number of fused-ring (bicyclic) bond motifs is 1. The van der Waals surface area contributed by atoms with E-state index < -0.39 is 5.97 Å². The summed E-state index contributed by atoms with van der Waals surface area (Å²) >= 11 is 1.69. The van der Waals surface area contributed by atoms with Gasteiger partial charge >= 0.3 is 5.97 Å². The van der Waals surface area contributed by atoms with Crippen molar-refractivity contribution in [2.24, 2.45) is 7.05 Å². The first-order chi connectivity index (χ1) is 7.61. The van der Waals surface area contributed by atoms with E-state index in [2.05, 4.69) is 12.1 Å². The Hall–Kier alpha value is -1.42. The van der Waals surface area contributed by atoms with Crippen LogP contribution < -0.4 is 0 Å². The third kappa shape index (κ3) is 1.93. The van der Waals surface area contributed by atoms with Gasteiger partial charge in [-0.25, -0.2) is 0 Å². The number of nitrogens with zero attached hydrogens (tertiary/aromatic N) is 1. The molecule has 0 fully saturated rings. The Labute approximate surface area is 98.1 Å². The van der Waals surface area contributed by atoms with Gasteiger partial charge < -0.3 is 9.67 Å². The molecule has 16 heavy (non-hydrogen) atoms. The molecular weight excluding hydrogens is 222 g/mol. The highest BCUT2D eigenvalue weighted by Crippen LogP contribution is 2.24. The molecule has 0 aliphatic carbocycles. The van der Waals surface area contributed by atoms with Gasteiger partial charge in [0.05, 0.1) is 6.42 Å². The third-order valence-electron chi connectivity index (χ3n) is 2.68. The van der Waals surface area contributed by atoms with Crippen LogP contribution in [0.5, 0.6) is 0 Å². The van der Waals surface area contributed by atoms with Crippen molar-refractivity contribution in [1.82, 2.24) is 4.57 Å². The average Bonchev–Trinajstić information content (AvgIpc) is 2.55. The molecule has 1 aromatic heterocycles. The van der Waals surface area contributed by atoms with Crippen LogP contribution in [0, 0.1) is 0 Å². The van der Waals surface area contributed by atoms with E-state index in [0.717, 1.165) is 16.6 Å². The lowest BCUT2D eigenvalue weighted by Crippen LogP contribution is -2.04. The number of aliphatic carboxylic acids is 1. The highest BCUT2D eigenvalue weighted by molar-refractivity contribution is 7.98. The summed E-state index contributed by atoms with van der Waals surface area (Å²) in [5.74, 6) is -0.795. The SMILES string of the molecule is CSc1ccc2cc(CC(=O)O)n(C)c2c1. The molecule has 4 heteroatoms. The maximum Gasteiger partial charge on any atom is 0.309 e. The van der Waals surface area contributed by atoms with Gasteiger partial charge in [-0.15, -0.1) is 11.8 Å². The maximum absolute atomic E-state index is 10.7. The molecule has 2 rings (SSSR count). The van der Waals surface area contributed by atoms with Gasteiger partial charge in [0.25, 0.3) is 0 Å². The van der Waals surface area contributed by atoms with Gasteiger partial charge in [0.1, 0.15) is 0 Å². The van der Waals surface area contributed by atoms with Gasteiger partial charge in [0, 0.05) is 23.2 Å². The molecule has 3 nitrogen and oxygen atoms in total. The Bertz CT molecular complexity index is 545. The number of carbonyl (C=O) groups is 1. The first-order valence-electron chi connectivity index (χ1n) is 4.96. The van der Waals surface area contributed by atoms with Crippen LogP contribution in [0.25, 0.3) is 10.9 Å². The summed E-state index contributed by atoms with van der Waals surface area (Å²) in [6.07, 6.45) is 2.10. The van der Waals surface area contributed by atoms with Gasteiger partial charge in [-0.05, 0) is 29.8 Å². The van der Waals surface area contributed by atoms with Crippen molar-refractivity contribution >= 4 is 28.6 Å². The largest absolute Gasteiger partial charge is 0.481 e. The van der Waals surface area contributed by atoms with Crippen molar-refractivity contribution in [3.8, 4) is 0 Å². The zero-order valence-corrected chi connectivity index (χ0v) is 10.0. The van der Waals surface area contributed by atoms with Crippen LogP contribution in [-0.4, -0.2) is 21.9 Å². The summed E-state index contributed by atoms with van der Waals surface area (Å²) in [6, 6.07) is 8.11. The van der Waals surface area contributed by atoms with Crippen molar-refractivity contribution in [1.29, 1.82) is 0 Å². The molecule has 0 bridgehead atoms. The molecule has 1 heterocycles. The van der Waals surface area contributed by atoms with Crippen molar-refractivity contribution in [3.63, 3.8) is 0 Å². The van der Waals surface area contributed by atoms with E-state index in [1.807, 2.05) is 30.0 Å². The number of rotatable bonds is 3. The Morgan fingerprint density at radius 3 is 2.81 bits per heavy atom. The van der Waals surface area contributed by atoms with Crippen LogP contribution in [0.4, 0.5) is 0 Å². The van der Waals surface area contributed by atoms with Gasteiger partial charge in [-0.3, -0.25) is 4.79 Å². The number of thioether (sulfide) groups is 1. The Balaban J connectivity index is 2.54. The van der Waals surface area contributed by atoms with Crippen LogP contribution >= 0.6 is 11.8 Å². The molecule has 0 spiro atoms. The first-order valence-corrected chi connectivity index (χ1v) is 6.18. The molecular formula is C12H13NO2S. The molecule has 0 unspecified atom stereocenters. The molecule has 2 aromatic rings. The molecule has 0 radical (unpaired) electrons. The Morgan fingerprint density at radius 2 is 2.19 bits per heavy atom. The molecule has 0 aliphatic heterocycles. The van der Waals surface area contributed by atoms with E-state index in [9.17, 15) is 4.79 Å². The standard InChI is InChI=1S/C12H13NO2S/c1-13-9(6-12(14)15)5-8-3-4-10(16-2)7-11(8)13/h3-5,7H,6H2,1-2H3,(H,14,15). The molecule has 0 aliphatic rings. The molecule has 0 amide bonds. The molecule has 0 saturated carbocycles. The summed E-state index contributed by atoms with van der Waals surface area (Å²) < 4.78 is 1.95. The molecule has 0 atom stereocenters. The van der Waals surface area contributed by atoms with Crippen LogP contribution in [-0.2, 0) is 18.3 Å². The fourth-order valence-corrected chi connectivity index (χ4v) is 2.25. The maximum atomic E-state index is 10.7. The highest BCUT2D eigenvalue weighted by atomic mass is 32.2. The van der Waals surface area contributed by atoms with Crippen LogP contribution in [0.15, 0.2) is 29.2 Å². The zero-order chi connectivity index (χ0) is 11.7. The second-order valence-electron chi connectivity index (χ2n) is 3.69. The van der Waals surface area contributed by atoms with E-state index in [1.165, 1.54) is 4.90 Å². The Kier molecular flexibility index (Phi) is 2.92. The van der Waals surface area contributed by atoms with Crippen LogP contribution in [0.2, 0.25) is 0 Å². The molecule has 0 saturated heterocycles. The quantitative estimate of drug-likeness (QED) is 0.831. The molecule has 84 valence electrons. The average molecular weight is 235 g/mol. The number of hydrogen-bond acceptors (Lipinski definition) is 2. The summed E-state index contributed by atoms with van der Waals surface area (Å²) in [5.41, 5.74) is 1.92. The minimum Gasteiger partial charge on any atom is -0.481 e. The van der Waals surface area contributed by atoms with E-state index in [0.29, 0.717) is 0 Å². The number of carboxylic acid groups (broad SMARTS) is 1. The summed E-state index contributed by atoms with van der Waals surface area (Å²) in [4.78, 5) is 11.9. The summed E-state index contributed by atoms with van der Waals surface area (Å²) in [7, 11) is 1.91. The lowest BCUT2D eigenvalue weighted by Gasteiger charge is -2.02. The number of aromatic nitrogens is 1. The number of aryl methyl sites for hydroxylation is 1. The topological polar surface area (TPSA) is 42.2 Å². The van der Waals surface area contributed by atoms with Crippen LogP contribution in [0.3, 0.4) is 0 Å². The van der Waals surface area contributed by atoms with Crippen LogP contribution in [0.1, 0.15) is 5.69 Å². The summed E-state index contributed by atoms with van der Waals surface area (Å²) in [6.45, 7) is 0.